The van der Waals surface area contributed by atoms with E-state index < -0.39 is 11.6 Å². The van der Waals surface area contributed by atoms with Crippen molar-refractivity contribution in [2.24, 2.45) is 5.16 Å². The predicted molar refractivity (Wildman–Crippen MR) is 83.5 cm³/mol. The minimum Gasteiger partial charge on any atom is -0.511 e. The number of carbonyl (C=O) groups excluding carboxylic acids is 1. The topological polar surface area (TPSA) is 68.1 Å². The maximum atomic E-state index is 12.3. The number of ether oxygens (including phenoxy) is 1. The molecule has 0 aromatic carbocycles. The fraction of sp³-hybridized carbons (Fsp3) is 0.600. The molecule has 0 bridgehead atoms. The molecule has 0 aliphatic carbocycles. The molecule has 0 unspecified atom stereocenters. The van der Waals surface area contributed by atoms with E-state index in [0.29, 0.717) is 18.6 Å². The van der Waals surface area contributed by atoms with Gasteiger partial charge in [0, 0.05) is 6.42 Å². The van der Waals surface area contributed by atoms with Gasteiger partial charge in [0.1, 0.15) is 23.5 Å². The summed E-state index contributed by atoms with van der Waals surface area (Å²) in [4.78, 5) is 17.3. The Morgan fingerprint density at radius 1 is 1.57 bits per heavy atom. The zero-order chi connectivity index (χ0) is 15.3. The molecule has 0 amide bonds. The molecule has 6 heteroatoms. The first-order valence-corrected chi connectivity index (χ1v) is 8.30. The number of esters is 1. The van der Waals surface area contributed by atoms with Crippen LogP contribution in [0, 0.1) is 0 Å². The average molecular weight is 311 g/mol. The number of hydrogen-bond acceptors (Lipinski definition) is 6. The molecule has 2 aliphatic heterocycles. The van der Waals surface area contributed by atoms with Gasteiger partial charge in [-0.15, -0.1) is 0 Å². The molecule has 1 fully saturated rings. The fourth-order valence-electron chi connectivity index (χ4n) is 2.56. The Morgan fingerprint density at radius 2 is 2.29 bits per heavy atom. The van der Waals surface area contributed by atoms with Gasteiger partial charge >= 0.3 is 5.97 Å². The number of aliphatic hydroxyl groups excluding tert-OH is 1. The highest BCUT2D eigenvalue weighted by molar-refractivity contribution is 7.99. The van der Waals surface area contributed by atoms with E-state index in [4.69, 9.17) is 9.57 Å². The van der Waals surface area contributed by atoms with Crippen molar-refractivity contribution in [1.29, 1.82) is 0 Å². The van der Waals surface area contributed by atoms with Crippen LogP contribution in [-0.4, -0.2) is 40.5 Å². The molecule has 0 radical (unpaired) electrons. The highest BCUT2D eigenvalue weighted by Gasteiger charge is 2.43. The number of carbonyl (C=O) groups is 1. The first-order valence-electron chi connectivity index (χ1n) is 7.15. The lowest BCUT2D eigenvalue weighted by Gasteiger charge is -2.39. The van der Waals surface area contributed by atoms with E-state index in [1.807, 2.05) is 18.7 Å². The van der Waals surface area contributed by atoms with E-state index in [1.165, 1.54) is 0 Å². The van der Waals surface area contributed by atoms with Crippen LogP contribution in [0.4, 0.5) is 0 Å². The maximum Gasteiger partial charge on any atom is 0.344 e. The van der Waals surface area contributed by atoms with E-state index in [0.717, 1.165) is 24.3 Å². The van der Waals surface area contributed by atoms with Gasteiger partial charge in [0.25, 0.3) is 0 Å². The van der Waals surface area contributed by atoms with E-state index in [1.54, 1.807) is 6.08 Å². The number of aliphatic hydroxyl groups is 1. The van der Waals surface area contributed by atoms with Gasteiger partial charge in [-0.2, -0.15) is 11.8 Å². The number of rotatable bonds is 5. The molecule has 5 nitrogen and oxygen atoms in total. The summed E-state index contributed by atoms with van der Waals surface area (Å²) in [5.74, 6) is 1.48. The second kappa shape index (κ2) is 7.02. The van der Waals surface area contributed by atoms with Gasteiger partial charge in [-0.05, 0) is 30.8 Å². The lowest BCUT2D eigenvalue weighted by atomic mass is 9.87. The van der Waals surface area contributed by atoms with E-state index in [-0.39, 0.29) is 17.9 Å². The summed E-state index contributed by atoms with van der Waals surface area (Å²) in [5, 5.41) is 14.2. The van der Waals surface area contributed by atoms with E-state index in [9.17, 15) is 9.90 Å². The predicted octanol–water partition coefficient (Wildman–Crippen LogP) is 2.98. The van der Waals surface area contributed by atoms with Crippen molar-refractivity contribution < 1.29 is 19.5 Å². The van der Waals surface area contributed by atoms with E-state index in [2.05, 4.69) is 11.7 Å². The van der Waals surface area contributed by atoms with E-state index >= 15 is 0 Å². The lowest BCUT2D eigenvalue weighted by molar-refractivity contribution is -0.158. The van der Waals surface area contributed by atoms with Crippen LogP contribution in [0.25, 0.3) is 0 Å². The summed E-state index contributed by atoms with van der Waals surface area (Å²) in [6, 6.07) is 0. The van der Waals surface area contributed by atoms with Crippen LogP contribution in [-0.2, 0) is 14.4 Å². The first-order chi connectivity index (χ1) is 10.1. The van der Waals surface area contributed by atoms with Crippen molar-refractivity contribution in [1.82, 2.24) is 0 Å². The smallest absolute Gasteiger partial charge is 0.344 e. The van der Waals surface area contributed by atoms with Crippen molar-refractivity contribution >= 4 is 23.4 Å². The Balaban J connectivity index is 2.22. The minimum absolute atomic E-state index is 0.0703. The molecule has 1 N–H and O–H groups in total. The van der Waals surface area contributed by atoms with Crippen LogP contribution in [0.5, 0.6) is 0 Å². The highest BCUT2D eigenvalue weighted by Crippen LogP contribution is 2.39. The monoisotopic (exact) mass is 311 g/mol. The molecule has 116 valence electrons. The molecule has 21 heavy (non-hydrogen) atoms. The van der Waals surface area contributed by atoms with Gasteiger partial charge in [-0.1, -0.05) is 24.7 Å². The quantitative estimate of drug-likeness (QED) is 0.278. The summed E-state index contributed by atoms with van der Waals surface area (Å²) in [5.41, 5.74) is 0.0429. The van der Waals surface area contributed by atoms with Crippen molar-refractivity contribution in [3.05, 3.63) is 24.0 Å². The second-order valence-corrected chi connectivity index (χ2v) is 6.38. The molecule has 1 spiro atoms. The SMILES string of the molecule is C=CCON=C(CC)C1=C(O)CC2(CCSCC2)OC1=O. The normalized spacial score (nSPS) is 22.1. The number of nitrogens with zero attached hydrogens (tertiary/aromatic N) is 1. The Bertz CT molecular complexity index is 478. The van der Waals surface area contributed by atoms with Crippen molar-refractivity contribution in [2.45, 2.75) is 38.2 Å². The summed E-state index contributed by atoms with van der Waals surface area (Å²) < 4.78 is 5.66. The number of oxime groups is 1. The molecular weight excluding hydrogens is 290 g/mol. The van der Waals surface area contributed by atoms with Gasteiger partial charge in [-0.25, -0.2) is 4.79 Å². The van der Waals surface area contributed by atoms with Crippen LogP contribution in [0.3, 0.4) is 0 Å². The molecular formula is C15H21NO4S. The fourth-order valence-corrected chi connectivity index (χ4v) is 3.79. The molecule has 0 aromatic rings. The van der Waals surface area contributed by atoms with Crippen molar-refractivity contribution in [3.63, 3.8) is 0 Å². The first kappa shape index (κ1) is 15.9. The molecule has 0 saturated carbocycles. The van der Waals surface area contributed by atoms with Crippen LogP contribution >= 0.6 is 11.8 Å². The standard InChI is InChI=1S/C15H21NO4S/c1-3-7-19-16-11(4-2)13-12(17)10-15(20-14(13)18)5-8-21-9-6-15/h3,17H,1,4-10H2,2H3. The highest BCUT2D eigenvalue weighted by atomic mass is 32.2. The molecule has 2 rings (SSSR count). The Labute approximate surface area is 129 Å². The average Bonchev–Trinajstić information content (AvgIpc) is 2.45. The summed E-state index contributed by atoms with van der Waals surface area (Å²) in [7, 11) is 0. The molecule has 2 heterocycles. The Morgan fingerprint density at radius 3 is 2.86 bits per heavy atom. The van der Waals surface area contributed by atoms with Gasteiger partial charge < -0.3 is 14.7 Å². The minimum atomic E-state index is -0.531. The van der Waals surface area contributed by atoms with Crippen LogP contribution < -0.4 is 0 Å². The third kappa shape index (κ3) is 3.61. The summed E-state index contributed by atoms with van der Waals surface area (Å²) >= 11 is 1.85. The Kier molecular flexibility index (Phi) is 5.33. The number of thioether (sulfide) groups is 1. The zero-order valence-electron chi connectivity index (χ0n) is 12.3. The summed E-state index contributed by atoms with van der Waals surface area (Å²) in [6.07, 6.45) is 3.99. The van der Waals surface area contributed by atoms with Gasteiger partial charge in [-0.3, -0.25) is 0 Å². The second-order valence-electron chi connectivity index (χ2n) is 5.16. The Hall–Kier alpha value is -1.43. The molecule has 1 saturated heterocycles. The van der Waals surface area contributed by atoms with Gasteiger partial charge in [0.05, 0.1) is 5.71 Å². The van der Waals surface area contributed by atoms with Crippen LogP contribution in [0.1, 0.15) is 32.6 Å². The van der Waals surface area contributed by atoms with Crippen LogP contribution in [0.15, 0.2) is 29.1 Å². The third-order valence-corrected chi connectivity index (χ3v) is 4.67. The molecule has 0 aromatic heterocycles. The van der Waals surface area contributed by atoms with Gasteiger partial charge in [0.2, 0.25) is 0 Å². The molecule has 2 aliphatic rings. The third-order valence-electron chi connectivity index (χ3n) is 3.69. The maximum absolute atomic E-state index is 12.3. The largest absolute Gasteiger partial charge is 0.511 e. The number of hydrogen-bond donors (Lipinski definition) is 1. The zero-order valence-corrected chi connectivity index (χ0v) is 13.1. The lowest BCUT2D eigenvalue weighted by Crippen LogP contribution is -2.44. The summed E-state index contributed by atoms with van der Waals surface area (Å²) in [6.45, 7) is 5.64. The van der Waals surface area contributed by atoms with Crippen molar-refractivity contribution in [3.8, 4) is 0 Å². The van der Waals surface area contributed by atoms with Crippen LogP contribution in [0.2, 0.25) is 0 Å². The van der Waals surface area contributed by atoms with Gasteiger partial charge in [0.15, 0.2) is 0 Å². The molecule has 0 atom stereocenters. The van der Waals surface area contributed by atoms with Crippen molar-refractivity contribution in [2.75, 3.05) is 18.1 Å².